The van der Waals surface area contributed by atoms with Crippen LogP contribution in [0.5, 0.6) is 0 Å². The highest BCUT2D eigenvalue weighted by atomic mass is 16.2. The van der Waals surface area contributed by atoms with Crippen molar-refractivity contribution in [2.45, 2.75) is 40.7 Å². The zero-order valence-electron chi connectivity index (χ0n) is 12.8. The molecule has 0 saturated carbocycles. The predicted molar refractivity (Wildman–Crippen MR) is 80.0 cm³/mol. The molecule has 0 spiro atoms. The number of aryl methyl sites for hydroxylation is 3. The van der Waals surface area contributed by atoms with Gasteiger partial charge in [-0.2, -0.15) is 0 Å². The van der Waals surface area contributed by atoms with Crippen LogP contribution in [0.25, 0.3) is 0 Å². The van der Waals surface area contributed by atoms with Gasteiger partial charge in [-0.15, -0.1) is 0 Å². The maximum Gasteiger partial charge on any atom is 0.225 e. The Bertz CT molecular complexity index is 431. The maximum atomic E-state index is 12.2. The van der Waals surface area contributed by atoms with E-state index in [4.69, 9.17) is 5.73 Å². The van der Waals surface area contributed by atoms with Gasteiger partial charge in [-0.1, -0.05) is 24.6 Å². The molecule has 0 saturated heterocycles. The van der Waals surface area contributed by atoms with E-state index in [0.717, 1.165) is 6.42 Å². The summed E-state index contributed by atoms with van der Waals surface area (Å²) in [6.45, 7) is 9.49. The topological polar surface area (TPSA) is 46.3 Å². The van der Waals surface area contributed by atoms with Gasteiger partial charge in [-0.05, 0) is 50.4 Å². The number of nitrogens with zero attached hydrogens (tertiary/aromatic N) is 1. The van der Waals surface area contributed by atoms with E-state index in [1.165, 1.54) is 22.3 Å². The SMILES string of the molecule is Cc1cc(C)c(CN(C)C(=O)C(C)CCN)c(C)c1. The fraction of sp³-hybridized carbons (Fsp3) is 0.562. The van der Waals surface area contributed by atoms with Gasteiger partial charge >= 0.3 is 0 Å². The molecule has 1 amide bonds. The number of hydrogen-bond acceptors (Lipinski definition) is 2. The van der Waals surface area contributed by atoms with E-state index in [-0.39, 0.29) is 11.8 Å². The maximum absolute atomic E-state index is 12.2. The van der Waals surface area contributed by atoms with Crippen LogP contribution in [0.1, 0.15) is 35.6 Å². The summed E-state index contributed by atoms with van der Waals surface area (Å²) < 4.78 is 0. The Kier molecular flexibility index (Phi) is 5.55. The number of carbonyl (C=O) groups is 1. The zero-order chi connectivity index (χ0) is 14.6. The molecule has 0 fully saturated rings. The minimum Gasteiger partial charge on any atom is -0.341 e. The lowest BCUT2D eigenvalue weighted by Gasteiger charge is -2.23. The summed E-state index contributed by atoms with van der Waals surface area (Å²) in [5.74, 6) is 0.172. The number of rotatable bonds is 5. The molecule has 3 heteroatoms. The summed E-state index contributed by atoms with van der Waals surface area (Å²) in [5, 5.41) is 0. The normalized spacial score (nSPS) is 12.3. The van der Waals surface area contributed by atoms with E-state index < -0.39 is 0 Å². The molecule has 0 aliphatic heterocycles. The molecule has 1 atom stereocenters. The number of benzene rings is 1. The highest BCUT2D eigenvalue weighted by Crippen LogP contribution is 2.19. The first-order valence-electron chi connectivity index (χ1n) is 6.88. The first-order valence-corrected chi connectivity index (χ1v) is 6.88. The monoisotopic (exact) mass is 262 g/mol. The van der Waals surface area contributed by atoms with Gasteiger partial charge in [0.05, 0.1) is 0 Å². The predicted octanol–water partition coefficient (Wildman–Crippen LogP) is 2.56. The van der Waals surface area contributed by atoms with Gasteiger partial charge in [0.15, 0.2) is 0 Å². The van der Waals surface area contributed by atoms with Crippen LogP contribution in [-0.2, 0) is 11.3 Å². The van der Waals surface area contributed by atoms with Crippen molar-refractivity contribution < 1.29 is 4.79 Å². The molecular weight excluding hydrogens is 236 g/mol. The van der Waals surface area contributed by atoms with Gasteiger partial charge in [-0.25, -0.2) is 0 Å². The Balaban J connectivity index is 2.82. The van der Waals surface area contributed by atoms with Crippen LogP contribution in [0.3, 0.4) is 0 Å². The highest BCUT2D eigenvalue weighted by Gasteiger charge is 2.18. The molecule has 1 unspecified atom stereocenters. The first kappa shape index (κ1) is 15.7. The lowest BCUT2D eigenvalue weighted by atomic mass is 9.99. The Labute approximate surface area is 116 Å². The molecule has 19 heavy (non-hydrogen) atoms. The third-order valence-corrected chi connectivity index (χ3v) is 3.63. The van der Waals surface area contributed by atoms with E-state index in [0.29, 0.717) is 13.1 Å². The van der Waals surface area contributed by atoms with Gasteiger partial charge in [0.2, 0.25) is 5.91 Å². The number of amides is 1. The molecule has 0 aliphatic carbocycles. The highest BCUT2D eigenvalue weighted by molar-refractivity contribution is 5.78. The van der Waals surface area contributed by atoms with Crippen LogP contribution in [0.2, 0.25) is 0 Å². The van der Waals surface area contributed by atoms with Crippen molar-refractivity contribution in [3.05, 3.63) is 34.4 Å². The van der Waals surface area contributed by atoms with Gasteiger partial charge in [0.25, 0.3) is 0 Å². The number of carbonyl (C=O) groups excluding carboxylic acids is 1. The molecule has 1 aromatic carbocycles. The molecule has 1 aromatic rings. The Morgan fingerprint density at radius 2 is 1.79 bits per heavy atom. The van der Waals surface area contributed by atoms with Crippen molar-refractivity contribution in [2.75, 3.05) is 13.6 Å². The van der Waals surface area contributed by atoms with Crippen LogP contribution in [0.15, 0.2) is 12.1 Å². The van der Waals surface area contributed by atoms with Crippen LogP contribution in [0, 0.1) is 26.7 Å². The fourth-order valence-corrected chi connectivity index (χ4v) is 2.52. The lowest BCUT2D eigenvalue weighted by molar-refractivity contribution is -0.134. The second-order valence-corrected chi connectivity index (χ2v) is 5.55. The smallest absolute Gasteiger partial charge is 0.225 e. The van der Waals surface area contributed by atoms with Crippen LogP contribution >= 0.6 is 0 Å². The van der Waals surface area contributed by atoms with Crippen molar-refractivity contribution in [2.24, 2.45) is 11.7 Å². The average molecular weight is 262 g/mol. The average Bonchev–Trinajstić information content (AvgIpc) is 2.32. The molecule has 0 radical (unpaired) electrons. The van der Waals surface area contributed by atoms with E-state index >= 15 is 0 Å². The van der Waals surface area contributed by atoms with E-state index in [1.54, 1.807) is 0 Å². The summed E-state index contributed by atoms with van der Waals surface area (Å²) in [6.07, 6.45) is 0.745. The summed E-state index contributed by atoms with van der Waals surface area (Å²) in [5.41, 5.74) is 10.5. The summed E-state index contributed by atoms with van der Waals surface area (Å²) in [7, 11) is 1.87. The molecule has 0 aliphatic rings. The van der Waals surface area contributed by atoms with Crippen molar-refractivity contribution in [1.29, 1.82) is 0 Å². The summed E-state index contributed by atoms with van der Waals surface area (Å²) >= 11 is 0. The van der Waals surface area contributed by atoms with Crippen molar-refractivity contribution >= 4 is 5.91 Å². The van der Waals surface area contributed by atoms with E-state index in [9.17, 15) is 4.79 Å². The molecule has 2 N–H and O–H groups in total. The van der Waals surface area contributed by atoms with E-state index in [2.05, 4.69) is 32.9 Å². The standard InChI is InChI=1S/C16H26N2O/c1-11-8-13(3)15(14(4)9-11)10-18(5)16(19)12(2)6-7-17/h8-9,12H,6-7,10,17H2,1-5H3. The first-order chi connectivity index (χ1) is 8.86. The summed E-state index contributed by atoms with van der Waals surface area (Å²) in [4.78, 5) is 14.0. The molecular formula is C16H26N2O. The summed E-state index contributed by atoms with van der Waals surface area (Å²) in [6, 6.07) is 4.34. The van der Waals surface area contributed by atoms with Crippen LogP contribution in [-0.4, -0.2) is 24.4 Å². The number of nitrogens with two attached hydrogens (primary N) is 1. The Hall–Kier alpha value is -1.35. The quantitative estimate of drug-likeness (QED) is 0.886. The van der Waals surface area contributed by atoms with Crippen molar-refractivity contribution in [3.8, 4) is 0 Å². The second kappa shape index (κ2) is 6.71. The molecule has 0 aromatic heterocycles. The van der Waals surface area contributed by atoms with Crippen LogP contribution < -0.4 is 5.73 Å². The Morgan fingerprint density at radius 1 is 1.26 bits per heavy atom. The molecule has 3 nitrogen and oxygen atoms in total. The zero-order valence-corrected chi connectivity index (χ0v) is 12.8. The van der Waals surface area contributed by atoms with Crippen molar-refractivity contribution in [1.82, 2.24) is 4.90 Å². The minimum absolute atomic E-state index is 0.000982. The van der Waals surface area contributed by atoms with E-state index in [1.807, 2.05) is 18.9 Å². The van der Waals surface area contributed by atoms with Gasteiger partial charge < -0.3 is 10.6 Å². The van der Waals surface area contributed by atoms with Gasteiger partial charge in [0, 0.05) is 19.5 Å². The fourth-order valence-electron chi connectivity index (χ4n) is 2.52. The van der Waals surface area contributed by atoms with Gasteiger partial charge in [-0.3, -0.25) is 4.79 Å². The minimum atomic E-state index is 0.000982. The third-order valence-electron chi connectivity index (χ3n) is 3.63. The second-order valence-electron chi connectivity index (χ2n) is 5.55. The van der Waals surface area contributed by atoms with Crippen LogP contribution in [0.4, 0.5) is 0 Å². The molecule has 0 bridgehead atoms. The Morgan fingerprint density at radius 3 is 2.26 bits per heavy atom. The lowest BCUT2D eigenvalue weighted by Crippen LogP contribution is -2.32. The number of hydrogen-bond donors (Lipinski definition) is 1. The third kappa shape index (κ3) is 4.06. The van der Waals surface area contributed by atoms with Gasteiger partial charge in [0.1, 0.15) is 0 Å². The van der Waals surface area contributed by atoms with Crippen molar-refractivity contribution in [3.63, 3.8) is 0 Å². The molecule has 106 valence electrons. The molecule has 1 rings (SSSR count). The largest absolute Gasteiger partial charge is 0.341 e. The molecule has 0 heterocycles.